The molecule has 30 heavy (non-hydrogen) atoms. The second-order valence-corrected chi connectivity index (χ2v) is 7.36. The van der Waals surface area contributed by atoms with E-state index in [2.05, 4.69) is 10.1 Å². The van der Waals surface area contributed by atoms with E-state index in [9.17, 15) is 22.8 Å². The number of anilines is 1. The lowest BCUT2D eigenvalue weighted by Gasteiger charge is -2.23. The molecule has 0 bridgehead atoms. The van der Waals surface area contributed by atoms with Crippen LogP contribution in [-0.2, 0) is 9.59 Å². The number of nitrogens with zero attached hydrogens (tertiary/aromatic N) is 5. The van der Waals surface area contributed by atoms with Crippen LogP contribution in [0.15, 0.2) is 30.7 Å². The lowest BCUT2D eigenvalue weighted by Crippen LogP contribution is -2.41. The van der Waals surface area contributed by atoms with Crippen molar-refractivity contribution < 1.29 is 22.8 Å². The summed E-state index contributed by atoms with van der Waals surface area (Å²) in [6.07, 6.45) is -0.439. The Hall–Kier alpha value is -2.62. The summed E-state index contributed by atoms with van der Waals surface area (Å²) >= 11 is 6.23. The Morgan fingerprint density at radius 2 is 2.17 bits per heavy atom. The average Bonchev–Trinajstić information content (AvgIpc) is 3.24. The number of likely N-dealkylation sites (N-methyl/N-ethyl adjacent to an activating group) is 1. The van der Waals surface area contributed by atoms with Crippen molar-refractivity contribution in [3.63, 3.8) is 0 Å². The van der Waals surface area contributed by atoms with Crippen LogP contribution in [0.1, 0.15) is 26.2 Å². The molecule has 2 amide bonds. The fourth-order valence-corrected chi connectivity index (χ4v) is 3.67. The lowest BCUT2D eigenvalue weighted by molar-refractivity contribution is -0.143. The summed E-state index contributed by atoms with van der Waals surface area (Å²) in [5, 5.41) is 4.32. The Morgan fingerprint density at radius 3 is 2.80 bits per heavy atom. The van der Waals surface area contributed by atoms with Crippen LogP contribution in [-0.4, -0.2) is 57.3 Å². The number of carbonyl (C=O) groups is 2. The summed E-state index contributed by atoms with van der Waals surface area (Å²) in [5.74, 6) is -1.50. The van der Waals surface area contributed by atoms with Gasteiger partial charge in [-0.2, -0.15) is 18.3 Å². The van der Waals surface area contributed by atoms with Gasteiger partial charge < -0.3 is 9.80 Å². The molecule has 0 aliphatic carbocycles. The highest BCUT2D eigenvalue weighted by atomic mass is 35.5. The molecule has 2 aromatic rings. The monoisotopic (exact) mass is 443 g/mol. The highest BCUT2D eigenvalue weighted by Crippen LogP contribution is 2.30. The minimum absolute atomic E-state index is 0.116. The molecule has 0 aromatic carbocycles. The minimum Gasteiger partial charge on any atom is -0.333 e. The van der Waals surface area contributed by atoms with Gasteiger partial charge in [0, 0.05) is 31.6 Å². The molecule has 0 spiro atoms. The fraction of sp³-hybridized carbons (Fsp3) is 0.474. The van der Waals surface area contributed by atoms with Gasteiger partial charge >= 0.3 is 6.18 Å². The van der Waals surface area contributed by atoms with E-state index in [0.29, 0.717) is 17.8 Å². The molecule has 1 saturated heterocycles. The van der Waals surface area contributed by atoms with Crippen molar-refractivity contribution in [2.24, 2.45) is 5.92 Å². The fourth-order valence-electron chi connectivity index (χ4n) is 3.44. The smallest absolute Gasteiger partial charge is 0.333 e. The van der Waals surface area contributed by atoms with Gasteiger partial charge in [0.25, 0.3) is 0 Å². The molecule has 0 saturated carbocycles. The standard InChI is InChI=1S/C19H21ClF3N5O2/c1-2-27(15-11-28(25-17(15)20)14-4-3-8-24-10-14)16(29)12-26-9-6-13(18(26)30)5-7-19(21,22)23/h3-4,8,10-11,13H,2,5-7,9,12H2,1H3. The van der Waals surface area contributed by atoms with Crippen molar-refractivity contribution in [3.05, 3.63) is 35.9 Å². The topological polar surface area (TPSA) is 71.3 Å². The van der Waals surface area contributed by atoms with Crippen LogP contribution in [0.2, 0.25) is 5.15 Å². The Labute approximate surface area is 176 Å². The molecular weight excluding hydrogens is 423 g/mol. The summed E-state index contributed by atoms with van der Waals surface area (Å²) < 4.78 is 38.8. The predicted molar refractivity (Wildman–Crippen MR) is 104 cm³/mol. The lowest BCUT2D eigenvalue weighted by atomic mass is 10.0. The first-order chi connectivity index (χ1) is 14.2. The first-order valence-electron chi connectivity index (χ1n) is 9.51. The summed E-state index contributed by atoms with van der Waals surface area (Å²) in [5.41, 5.74) is 1.05. The zero-order valence-corrected chi connectivity index (χ0v) is 17.0. The van der Waals surface area contributed by atoms with Crippen molar-refractivity contribution in [2.75, 3.05) is 24.5 Å². The molecule has 1 unspecified atom stereocenters. The van der Waals surface area contributed by atoms with Gasteiger partial charge in [-0.3, -0.25) is 14.6 Å². The maximum atomic E-state index is 12.8. The van der Waals surface area contributed by atoms with E-state index < -0.39 is 24.4 Å². The third-order valence-electron chi connectivity index (χ3n) is 4.98. The van der Waals surface area contributed by atoms with Gasteiger partial charge in [-0.05, 0) is 31.9 Å². The van der Waals surface area contributed by atoms with Gasteiger partial charge in [-0.25, -0.2) is 4.68 Å². The molecule has 1 fully saturated rings. The molecule has 0 N–H and O–H groups in total. The van der Waals surface area contributed by atoms with E-state index in [4.69, 9.17) is 11.6 Å². The second kappa shape index (κ2) is 9.03. The van der Waals surface area contributed by atoms with E-state index in [1.807, 2.05) is 0 Å². The number of halogens is 4. The van der Waals surface area contributed by atoms with Gasteiger partial charge in [0.05, 0.1) is 18.1 Å². The number of alkyl halides is 3. The van der Waals surface area contributed by atoms with Crippen LogP contribution in [0.25, 0.3) is 5.69 Å². The number of hydrogen-bond donors (Lipinski definition) is 0. The summed E-state index contributed by atoms with van der Waals surface area (Å²) in [6.45, 7) is 2.08. The van der Waals surface area contributed by atoms with E-state index in [-0.39, 0.29) is 37.1 Å². The van der Waals surface area contributed by atoms with Gasteiger partial charge in [-0.15, -0.1) is 0 Å². The van der Waals surface area contributed by atoms with Gasteiger partial charge in [0.15, 0.2) is 5.15 Å². The van der Waals surface area contributed by atoms with Crippen molar-refractivity contribution in [1.82, 2.24) is 19.7 Å². The number of carbonyl (C=O) groups excluding carboxylic acids is 2. The summed E-state index contributed by atoms with van der Waals surface area (Å²) in [4.78, 5) is 32.0. The first-order valence-corrected chi connectivity index (χ1v) is 9.89. The van der Waals surface area contributed by atoms with E-state index in [1.54, 1.807) is 37.6 Å². The molecule has 7 nitrogen and oxygen atoms in total. The second-order valence-electron chi connectivity index (χ2n) is 7.00. The molecule has 3 rings (SSSR count). The number of rotatable bonds is 7. The Kier molecular flexibility index (Phi) is 6.64. The normalized spacial score (nSPS) is 16.9. The van der Waals surface area contributed by atoms with Gasteiger partial charge in [-0.1, -0.05) is 11.6 Å². The van der Waals surface area contributed by atoms with Crippen molar-refractivity contribution in [3.8, 4) is 5.69 Å². The average molecular weight is 444 g/mol. The third-order valence-corrected chi connectivity index (χ3v) is 5.25. The summed E-state index contributed by atoms with van der Waals surface area (Å²) in [6, 6.07) is 3.52. The zero-order valence-electron chi connectivity index (χ0n) is 16.3. The molecule has 162 valence electrons. The van der Waals surface area contributed by atoms with E-state index in [1.165, 1.54) is 14.5 Å². The Bertz CT molecular complexity index is 903. The van der Waals surface area contributed by atoms with Crippen molar-refractivity contribution >= 4 is 29.1 Å². The van der Waals surface area contributed by atoms with Gasteiger partial charge in [0.1, 0.15) is 12.2 Å². The first kappa shape index (κ1) is 22.1. The number of likely N-dealkylation sites (tertiary alicyclic amines) is 1. The quantitative estimate of drug-likeness (QED) is 0.657. The number of aromatic nitrogens is 3. The maximum Gasteiger partial charge on any atom is 0.389 e. The highest BCUT2D eigenvalue weighted by Gasteiger charge is 2.37. The van der Waals surface area contributed by atoms with Crippen molar-refractivity contribution in [2.45, 2.75) is 32.4 Å². The molecule has 0 radical (unpaired) electrons. The molecule has 11 heteroatoms. The van der Waals surface area contributed by atoms with Crippen LogP contribution in [0, 0.1) is 5.92 Å². The van der Waals surface area contributed by atoms with Crippen LogP contribution in [0.4, 0.5) is 18.9 Å². The molecular formula is C19H21ClF3N5O2. The maximum absolute atomic E-state index is 12.8. The number of amides is 2. The highest BCUT2D eigenvalue weighted by molar-refractivity contribution is 6.32. The van der Waals surface area contributed by atoms with Crippen molar-refractivity contribution in [1.29, 1.82) is 0 Å². The molecule has 3 heterocycles. The molecule has 1 aliphatic heterocycles. The van der Waals surface area contributed by atoms with E-state index in [0.717, 1.165) is 0 Å². The number of pyridine rings is 1. The van der Waals surface area contributed by atoms with E-state index >= 15 is 0 Å². The molecule has 1 aliphatic rings. The molecule has 1 atom stereocenters. The third kappa shape index (κ3) is 5.10. The minimum atomic E-state index is -4.30. The Morgan fingerprint density at radius 1 is 1.40 bits per heavy atom. The largest absolute Gasteiger partial charge is 0.389 e. The predicted octanol–water partition coefficient (Wildman–Crippen LogP) is 3.46. The number of hydrogen-bond acceptors (Lipinski definition) is 4. The zero-order chi connectivity index (χ0) is 21.9. The summed E-state index contributed by atoms with van der Waals surface area (Å²) in [7, 11) is 0. The van der Waals surface area contributed by atoms with Crippen LogP contribution in [0.5, 0.6) is 0 Å². The van der Waals surface area contributed by atoms with Crippen LogP contribution < -0.4 is 4.90 Å². The Balaban J connectivity index is 1.67. The SMILES string of the molecule is CCN(C(=O)CN1CCC(CCC(F)(F)F)C1=O)c1cn(-c2cccnc2)nc1Cl. The van der Waals surface area contributed by atoms with Gasteiger partial charge in [0.2, 0.25) is 11.8 Å². The molecule has 2 aromatic heterocycles. The van der Waals surface area contributed by atoms with Crippen LogP contribution in [0.3, 0.4) is 0 Å². The van der Waals surface area contributed by atoms with Crippen LogP contribution >= 0.6 is 11.6 Å².